The van der Waals surface area contributed by atoms with Gasteiger partial charge in [-0.15, -0.1) is 0 Å². The molecule has 2 N–H and O–H groups in total. The number of nitrogen functional groups attached to an aromatic ring is 1. The summed E-state index contributed by atoms with van der Waals surface area (Å²) < 4.78 is 27.2. The predicted octanol–water partition coefficient (Wildman–Crippen LogP) is 0.754. The molecular weight excluding hydrogens is 252 g/mol. The number of sulfone groups is 1. The monoisotopic (exact) mass is 272 g/mol. The fourth-order valence-corrected chi connectivity index (χ4v) is 2.24. The van der Waals surface area contributed by atoms with Gasteiger partial charge in [0.05, 0.1) is 18.6 Å². The third-order valence-corrected chi connectivity index (χ3v) is 3.51. The number of anilines is 1. The van der Waals surface area contributed by atoms with E-state index < -0.39 is 9.84 Å². The zero-order chi connectivity index (χ0) is 13.8. The third-order valence-electron chi connectivity index (χ3n) is 2.59. The van der Waals surface area contributed by atoms with E-state index in [0.717, 1.165) is 5.56 Å². The molecule has 0 spiro atoms. The summed E-state index contributed by atoms with van der Waals surface area (Å²) in [5, 5.41) is 0. The van der Waals surface area contributed by atoms with Crippen LogP contribution in [0.25, 0.3) is 0 Å². The van der Waals surface area contributed by atoms with Crippen LogP contribution in [0.4, 0.5) is 5.69 Å². The van der Waals surface area contributed by atoms with E-state index in [1.807, 2.05) is 30.1 Å². The average Bonchev–Trinajstić information content (AvgIpc) is 2.26. The lowest BCUT2D eigenvalue weighted by Crippen LogP contribution is -2.24. The predicted molar refractivity (Wildman–Crippen MR) is 73.5 cm³/mol. The van der Waals surface area contributed by atoms with E-state index in [2.05, 4.69) is 0 Å². The van der Waals surface area contributed by atoms with Gasteiger partial charge in [-0.05, 0) is 24.7 Å². The molecule has 0 saturated heterocycles. The molecule has 18 heavy (non-hydrogen) atoms. The molecule has 102 valence electrons. The van der Waals surface area contributed by atoms with Crippen molar-refractivity contribution in [1.82, 2.24) is 4.90 Å². The zero-order valence-corrected chi connectivity index (χ0v) is 11.8. The number of methoxy groups -OCH3 is 1. The first kappa shape index (κ1) is 14.8. The van der Waals surface area contributed by atoms with Crippen LogP contribution in [-0.2, 0) is 16.4 Å². The van der Waals surface area contributed by atoms with Gasteiger partial charge in [0.1, 0.15) is 15.6 Å². The van der Waals surface area contributed by atoms with Crippen molar-refractivity contribution >= 4 is 15.5 Å². The highest BCUT2D eigenvalue weighted by Gasteiger charge is 2.07. The Balaban J connectivity index is 2.59. The minimum absolute atomic E-state index is 0.162. The number of nitrogens with zero attached hydrogens (tertiary/aromatic N) is 1. The second-order valence-corrected chi connectivity index (χ2v) is 6.70. The first-order chi connectivity index (χ1) is 8.31. The van der Waals surface area contributed by atoms with Crippen molar-refractivity contribution in [3.8, 4) is 5.75 Å². The van der Waals surface area contributed by atoms with E-state index in [0.29, 0.717) is 24.5 Å². The van der Waals surface area contributed by atoms with Gasteiger partial charge in [0.15, 0.2) is 0 Å². The highest BCUT2D eigenvalue weighted by Crippen LogP contribution is 2.22. The summed E-state index contributed by atoms with van der Waals surface area (Å²) in [4.78, 5) is 1.95. The summed E-state index contributed by atoms with van der Waals surface area (Å²) in [7, 11) is 0.537. The molecule has 0 aliphatic heterocycles. The number of rotatable bonds is 6. The fraction of sp³-hybridized carbons (Fsp3) is 0.500. The van der Waals surface area contributed by atoms with Crippen LogP contribution < -0.4 is 10.5 Å². The molecule has 5 nitrogen and oxygen atoms in total. The third kappa shape index (κ3) is 4.93. The van der Waals surface area contributed by atoms with Gasteiger partial charge in [-0.2, -0.15) is 0 Å². The Kier molecular flexibility index (Phi) is 4.98. The Morgan fingerprint density at radius 1 is 1.39 bits per heavy atom. The number of hydrogen-bond acceptors (Lipinski definition) is 5. The Morgan fingerprint density at radius 3 is 2.56 bits per heavy atom. The van der Waals surface area contributed by atoms with Gasteiger partial charge < -0.3 is 15.4 Å². The van der Waals surface area contributed by atoms with Gasteiger partial charge in [0, 0.05) is 19.3 Å². The van der Waals surface area contributed by atoms with Crippen LogP contribution in [0.5, 0.6) is 5.75 Å². The Morgan fingerprint density at radius 2 is 2.06 bits per heavy atom. The van der Waals surface area contributed by atoms with Crippen LogP contribution in [0.3, 0.4) is 0 Å². The largest absolute Gasteiger partial charge is 0.495 e. The van der Waals surface area contributed by atoms with Crippen LogP contribution >= 0.6 is 0 Å². The van der Waals surface area contributed by atoms with Crippen LogP contribution in [0, 0.1) is 0 Å². The minimum Gasteiger partial charge on any atom is -0.495 e. The van der Waals surface area contributed by atoms with Crippen LogP contribution in [0.15, 0.2) is 18.2 Å². The summed E-state index contributed by atoms with van der Waals surface area (Å²) in [5.41, 5.74) is 7.43. The summed E-state index contributed by atoms with van der Waals surface area (Å²) in [6.45, 7) is 1.16. The number of hydrogen-bond donors (Lipinski definition) is 1. The molecule has 0 amide bonds. The molecule has 0 atom stereocenters. The SMILES string of the molecule is COc1ccc(CN(C)CCS(C)(=O)=O)cc1N. The maximum Gasteiger partial charge on any atom is 0.148 e. The van der Waals surface area contributed by atoms with E-state index in [1.165, 1.54) is 6.26 Å². The maximum absolute atomic E-state index is 11.1. The molecule has 0 aromatic heterocycles. The number of ether oxygens (including phenoxy) is 1. The van der Waals surface area contributed by atoms with Gasteiger partial charge in [-0.3, -0.25) is 0 Å². The molecule has 0 fully saturated rings. The summed E-state index contributed by atoms with van der Waals surface area (Å²) in [5.74, 6) is 0.812. The molecule has 0 bridgehead atoms. The molecule has 1 aromatic carbocycles. The van der Waals surface area contributed by atoms with E-state index in [1.54, 1.807) is 7.11 Å². The summed E-state index contributed by atoms with van der Waals surface area (Å²) in [6.07, 6.45) is 1.24. The normalized spacial score (nSPS) is 11.8. The van der Waals surface area contributed by atoms with E-state index in [4.69, 9.17) is 10.5 Å². The summed E-state index contributed by atoms with van der Waals surface area (Å²) in [6, 6.07) is 5.58. The quantitative estimate of drug-likeness (QED) is 0.774. The van der Waals surface area contributed by atoms with Gasteiger partial charge in [0.2, 0.25) is 0 Å². The second-order valence-electron chi connectivity index (χ2n) is 4.44. The van der Waals surface area contributed by atoms with Gasteiger partial charge in [-0.1, -0.05) is 6.07 Å². The highest BCUT2D eigenvalue weighted by molar-refractivity contribution is 7.90. The molecule has 0 saturated carbocycles. The van der Waals surface area contributed by atoms with Crippen molar-refractivity contribution in [2.45, 2.75) is 6.54 Å². The topological polar surface area (TPSA) is 72.6 Å². The standard InChI is InChI=1S/C12H20N2O3S/c1-14(6-7-18(3,15)16)9-10-4-5-12(17-2)11(13)8-10/h4-5,8H,6-7,9,13H2,1-3H3. The Bertz CT molecular complexity index is 500. The first-order valence-electron chi connectivity index (χ1n) is 5.60. The minimum atomic E-state index is -2.92. The first-order valence-corrected chi connectivity index (χ1v) is 7.66. The lowest BCUT2D eigenvalue weighted by molar-refractivity contribution is 0.346. The van der Waals surface area contributed by atoms with E-state index in [9.17, 15) is 8.42 Å². The molecule has 1 rings (SSSR count). The number of benzene rings is 1. The lowest BCUT2D eigenvalue weighted by atomic mass is 10.2. The second kappa shape index (κ2) is 6.06. The molecule has 0 aliphatic carbocycles. The molecule has 6 heteroatoms. The molecule has 0 radical (unpaired) electrons. The highest BCUT2D eigenvalue weighted by atomic mass is 32.2. The average molecular weight is 272 g/mol. The molecule has 0 heterocycles. The zero-order valence-electron chi connectivity index (χ0n) is 11.0. The van der Waals surface area contributed by atoms with Crippen LogP contribution in [0.1, 0.15) is 5.56 Å². The van der Waals surface area contributed by atoms with Gasteiger partial charge in [-0.25, -0.2) is 8.42 Å². The smallest absolute Gasteiger partial charge is 0.148 e. The maximum atomic E-state index is 11.1. The Labute approximate surface area is 108 Å². The van der Waals surface area contributed by atoms with Crippen LogP contribution in [-0.4, -0.2) is 46.0 Å². The van der Waals surface area contributed by atoms with Crippen molar-refractivity contribution in [1.29, 1.82) is 0 Å². The van der Waals surface area contributed by atoms with E-state index in [-0.39, 0.29) is 5.75 Å². The van der Waals surface area contributed by atoms with Crippen molar-refractivity contribution in [3.63, 3.8) is 0 Å². The van der Waals surface area contributed by atoms with Gasteiger partial charge >= 0.3 is 0 Å². The molecule has 1 aromatic rings. The van der Waals surface area contributed by atoms with Crippen molar-refractivity contribution in [3.05, 3.63) is 23.8 Å². The Hall–Kier alpha value is -1.27. The molecule has 0 aliphatic rings. The van der Waals surface area contributed by atoms with Crippen molar-refractivity contribution in [2.75, 3.05) is 38.4 Å². The molecule has 0 unspecified atom stereocenters. The summed E-state index contributed by atoms with van der Waals surface area (Å²) >= 11 is 0. The van der Waals surface area contributed by atoms with Crippen LogP contribution in [0.2, 0.25) is 0 Å². The fourth-order valence-electron chi connectivity index (χ4n) is 1.59. The van der Waals surface area contributed by atoms with Gasteiger partial charge in [0.25, 0.3) is 0 Å². The number of nitrogens with two attached hydrogens (primary N) is 1. The van der Waals surface area contributed by atoms with Crippen molar-refractivity contribution in [2.24, 2.45) is 0 Å². The molecular formula is C12H20N2O3S. The van der Waals surface area contributed by atoms with E-state index >= 15 is 0 Å². The lowest BCUT2D eigenvalue weighted by Gasteiger charge is -2.16. The van der Waals surface area contributed by atoms with Crippen molar-refractivity contribution < 1.29 is 13.2 Å².